The van der Waals surface area contributed by atoms with E-state index in [1.54, 1.807) is 0 Å². The van der Waals surface area contributed by atoms with Crippen LogP contribution in [0, 0.1) is 5.92 Å². The number of benzene rings is 1. The van der Waals surface area contributed by atoms with Crippen LogP contribution in [0.4, 0.5) is 9.18 Å². The molecule has 0 aliphatic carbocycles. The molecule has 1 aliphatic rings. The van der Waals surface area contributed by atoms with Crippen molar-refractivity contribution in [1.82, 2.24) is 4.90 Å². The molecule has 1 aliphatic heterocycles. The molecule has 2 unspecified atom stereocenters. The van der Waals surface area contributed by atoms with Gasteiger partial charge in [0.1, 0.15) is 12.8 Å². The maximum Gasteiger partial charge on any atom is 0.410 e. The van der Waals surface area contributed by atoms with E-state index in [2.05, 4.69) is 0 Å². The number of likely N-dealkylation sites (tertiary alicyclic amines) is 1. The normalized spacial score (nSPS) is 23.1. The van der Waals surface area contributed by atoms with Crippen molar-refractivity contribution in [2.24, 2.45) is 11.7 Å². The Morgan fingerprint density at radius 1 is 1.39 bits per heavy atom. The Balaban J connectivity index is 1.82. The molecule has 98 valence electrons. The second kappa shape index (κ2) is 5.82. The predicted octanol–water partition coefficient (Wildman–Crippen LogP) is 1.55. The van der Waals surface area contributed by atoms with Crippen molar-refractivity contribution < 1.29 is 13.9 Å². The number of rotatable bonds is 3. The van der Waals surface area contributed by atoms with Crippen molar-refractivity contribution in [2.45, 2.75) is 12.8 Å². The highest BCUT2D eigenvalue weighted by atomic mass is 19.1. The number of nitrogens with two attached hydrogens (primary N) is 1. The first-order valence-corrected chi connectivity index (χ1v) is 6.00. The second-order valence-corrected chi connectivity index (χ2v) is 4.46. The lowest BCUT2D eigenvalue weighted by atomic mass is 10.1. The third-order valence-electron chi connectivity index (χ3n) is 3.13. The third-order valence-corrected chi connectivity index (χ3v) is 3.13. The summed E-state index contributed by atoms with van der Waals surface area (Å²) in [5.74, 6) is -0.269. The topological polar surface area (TPSA) is 55.6 Å². The summed E-state index contributed by atoms with van der Waals surface area (Å²) in [6, 6.07) is 9.39. The summed E-state index contributed by atoms with van der Waals surface area (Å²) in [5, 5.41) is 0. The molecular formula is C13H17FN2O2. The molecule has 2 N–H and O–H groups in total. The Labute approximate surface area is 106 Å². The van der Waals surface area contributed by atoms with E-state index in [1.807, 2.05) is 30.3 Å². The van der Waals surface area contributed by atoms with Crippen molar-refractivity contribution >= 4 is 6.09 Å². The molecule has 1 fully saturated rings. The van der Waals surface area contributed by atoms with E-state index in [0.29, 0.717) is 6.54 Å². The first-order chi connectivity index (χ1) is 8.70. The maximum absolute atomic E-state index is 13.4. The zero-order valence-corrected chi connectivity index (χ0v) is 10.1. The van der Waals surface area contributed by atoms with Gasteiger partial charge in [-0.1, -0.05) is 30.3 Å². The van der Waals surface area contributed by atoms with Crippen LogP contribution in [0.5, 0.6) is 0 Å². The lowest BCUT2D eigenvalue weighted by molar-refractivity contribution is 0.102. The number of nitrogens with zero attached hydrogens (tertiary/aromatic N) is 1. The van der Waals surface area contributed by atoms with Gasteiger partial charge in [-0.2, -0.15) is 0 Å². The zero-order chi connectivity index (χ0) is 13.0. The zero-order valence-electron chi connectivity index (χ0n) is 10.1. The van der Waals surface area contributed by atoms with Crippen LogP contribution in [0.15, 0.2) is 30.3 Å². The highest BCUT2D eigenvalue weighted by molar-refractivity contribution is 5.68. The van der Waals surface area contributed by atoms with Crippen LogP contribution in [-0.2, 0) is 11.3 Å². The van der Waals surface area contributed by atoms with Crippen molar-refractivity contribution in [3.05, 3.63) is 35.9 Å². The highest BCUT2D eigenvalue weighted by Gasteiger charge is 2.35. The third kappa shape index (κ3) is 2.98. The molecule has 1 aromatic carbocycles. The molecule has 1 heterocycles. The van der Waals surface area contributed by atoms with Gasteiger partial charge in [0, 0.05) is 12.5 Å². The molecule has 0 bridgehead atoms. The van der Waals surface area contributed by atoms with Gasteiger partial charge in [0.25, 0.3) is 0 Å². The molecule has 2 rings (SSSR count). The minimum atomic E-state index is -1.04. The molecule has 0 radical (unpaired) electrons. The van der Waals surface area contributed by atoms with Crippen LogP contribution in [0.1, 0.15) is 5.56 Å². The summed E-state index contributed by atoms with van der Waals surface area (Å²) in [6.07, 6.45) is -1.52. The first kappa shape index (κ1) is 12.8. The lowest BCUT2D eigenvalue weighted by Gasteiger charge is -2.15. The molecular weight excluding hydrogens is 235 g/mol. The lowest BCUT2D eigenvalue weighted by Crippen LogP contribution is -2.30. The average molecular weight is 252 g/mol. The molecule has 0 spiro atoms. The average Bonchev–Trinajstić information content (AvgIpc) is 2.78. The van der Waals surface area contributed by atoms with Crippen LogP contribution in [0.2, 0.25) is 0 Å². The number of carbonyl (C=O) groups excluding carboxylic acids is 1. The monoisotopic (exact) mass is 252 g/mol. The molecule has 0 saturated carbocycles. The van der Waals surface area contributed by atoms with Gasteiger partial charge in [0.2, 0.25) is 0 Å². The molecule has 5 heteroatoms. The standard InChI is InChI=1S/C13H17FN2O2/c14-12-8-16(7-11(12)6-15)13(17)18-9-10-4-2-1-3-5-10/h1-5,11-12H,6-9,15H2. The number of ether oxygens (including phenoxy) is 1. The molecule has 4 nitrogen and oxygen atoms in total. The number of carbonyl (C=O) groups is 1. The van der Waals surface area contributed by atoms with Gasteiger partial charge < -0.3 is 15.4 Å². The molecule has 1 amide bonds. The van der Waals surface area contributed by atoms with Crippen LogP contribution in [0.3, 0.4) is 0 Å². The Hall–Kier alpha value is -1.62. The van der Waals surface area contributed by atoms with E-state index in [9.17, 15) is 9.18 Å². The van der Waals surface area contributed by atoms with E-state index in [-0.39, 0.29) is 25.6 Å². The van der Waals surface area contributed by atoms with Gasteiger partial charge in [-0.05, 0) is 12.1 Å². The van der Waals surface area contributed by atoms with E-state index < -0.39 is 12.3 Å². The predicted molar refractivity (Wildman–Crippen MR) is 65.6 cm³/mol. The Kier molecular flexibility index (Phi) is 4.15. The quantitative estimate of drug-likeness (QED) is 0.888. The molecule has 2 atom stereocenters. The van der Waals surface area contributed by atoms with E-state index in [0.717, 1.165) is 5.56 Å². The smallest absolute Gasteiger partial charge is 0.410 e. The summed E-state index contributed by atoms with van der Waals surface area (Å²) in [4.78, 5) is 13.1. The van der Waals surface area contributed by atoms with Crippen molar-refractivity contribution in [3.63, 3.8) is 0 Å². The molecule has 18 heavy (non-hydrogen) atoms. The fourth-order valence-electron chi connectivity index (χ4n) is 2.01. The summed E-state index contributed by atoms with van der Waals surface area (Å²) in [5.41, 5.74) is 6.35. The number of hydrogen-bond acceptors (Lipinski definition) is 3. The molecule has 1 saturated heterocycles. The summed E-state index contributed by atoms with van der Waals surface area (Å²) in [6.45, 7) is 0.880. The van der Waals surface area contributed by atoms with Gasteiger partial charge in [-0.15, -0.1) is 0 Å². The minimum absolute atomic E-state index is 0.0789. The Morgan fingerprint density at radius 2 is 2.11 bits per heavy atom. The number of amides is 1. The Morgan fingerprint density at radius 3 is 2.72 bits per heavy atom. The summed E-state index contributed by atoms with van der Waals surface area (Å²) in [7, 11) is 0. The Bertz CT molecular complexity index is 399. The minimum Gasteiger partial charge on any atom is -0.445 e. The van der Waals surface area contributed by atoms with Crippen LogP contribution < -0.4 is 5.73 Å². The van der Waals surface area contributed by atoms with Gasteiger partial charge in [0.05, 0.1) is 6.54 Å². The molecule has 0 aromatic heterocycles. The fraction of sp³-hybridized carbons (Fsp3) is 0.462. The van der Waals surface area contributed by atoms with Crippen molar-refractivity contribution in [3.8, 4) is 0 Å². The first-order valence-electron chi connectivity index (χ1n) is 6.00. The van der Waals surface area contributed by atoms with Gasteiger partial charge >= 0.3 is 6.09 Å². The summed E-state index contributed by atoms with van der Waals surface area (Å²) >= 11 is 0. The van der Waals surface area contributed by atoms with Crippen molar-refractivity contribution in [2.75, 3.05) is 19.6 Å². The number of halogens is 1. The second-order valence-electron chi connectivity index (χ2n) is 4.46. The summed E-state index contributed by atoms with van der Waals surface area (Å²) < 4.78 is 18.6. The van der Waals surface area contributed by atoms with Crippen molar-refractivity contribution in [1.29, 1.82) is 0 Å². The SMILES string of the molecule is NCC1CN(C(=O)OCc2ccccc2)CC1F. The van der Waals surface area contributed by atoms with Crippen LogP contribution >= 0.6 is 0 Å². The van der Waals surface area contributed by atoms with Gasteiger partial charge in [-0.25, -0.2) is 9.18 Å². The van der Waals surface area contributed by atoms with Crippen LogP contribution in [-0.4, -0.2) is 36.8 Å². The molecule has 1 aromatic rings. The van der Waals surface area contributed by atoms with Gasteiger partial charge in [-0.3, -0.25) is 0 Å². The van der Waals surface area contributed by atoms with E-state index in [4.69, 9.17) is 10.5 Å². The van der Waals surface area contributed by atoms with Gasteiger partial charge in [0.15, 0.2) is 0 Å². The highest BCUT2D eigenvalue weighted by Crippen LogP contribution is 2.20. The number of hydrogen-bond donors (Lipinski definition) is 1. The van der Waals surface area contributed by atoms with Crippen LogP contribution in [0.25, 0.3) is 0 Å². The van der Waals surface area contributed by atoms with E-state index in [1.165, 1.54) is 4.90 Å². The maximum atomic E-state index is 13.4. The largest absolute Gasteiger partial charge is 0.445 e. The number of alkyl halides is 1. The van der Waals surface area contributed by atoms with E-state index >= 15 is 0 Å². The fourth-order valence-corrected chi connectivity index (χ4v) is 2.01.